The lowest BCUT2D eigenvalue weighted by Gasteiger charge is -2.38. The molecule has 0 saturated heterocycles. The van der Waals surface area contributed by atoms with E-state index in [-0.39, 0.29) is 55.5 Å². The van der Waals surface area contributed by atoms with E-state index < -0.39 is 87.3 Å². The van der Waals surface area contributed by atoms with E-state index in [4.69, 9.17) is 30.0 Å². The summed E-state index contributed by atoms with van der Waals surface area (Å²) in [5, 5.41) is 15.3. The van der Waals surface area contributed by atoms with E-state index in [1.54, 1.807) is 51.4 Å². The van der Waals surface area contributed by atoms with Gasteiger partial charge >= 0.3 is 18.4 Å². The molecule has 0 spiro atoms. The number of nitrogens with one attached hydrogen (secondary N) is 5. The summed E-state index contributed by atoms with van der Waals surface area (Å²) in [5.41, 5.74) is 2.16. The molecule has 460 valence electrons. The monoisotopic (exact) mass is 1200 g/mol. The summed E-state index contributed by atoms with van der Waals surface area (Å²) in [6, 6.07) is 20.4. The van der Waals surface area contributed by atoms with Gasteiger partial charge in [0.05, 0.1) is 57.6 Å². The zero-order chi connectivity index (χ0) is 62.3. The van der Waals surface area contributed by atoms with Crippen molar-refractivity contribution in [3.05, 3.63) is 131 Å². The van der Waals surface area contributed by atoms with Crippen LogP contribution in [0.5, 0.6) is 11.5 Å². The van der Waals surface area contributed by atoms with Crippen LogP contribution in [0.25, 0.3) is 0 Å². The molecule has 4 heterocycles. The largest absolute Gasteiger partial charge is 0.487 e. The lowest BCUT2D eigenvalue weighted by atomic mass is 9.69. The molecule has 85 heavy (non-hydrogen) atoms. The molecule has 2 fully saturated rings. The molecule has 8 rings (SSSR count). The molecular formula is C59H72F8N12O6. The third kappa shape index (κ3) is 16.7. The number of hydrazine groups is 2. The quantitative estimate of drug-likeness (QED) is 0.0259. The molecule has 2 aromatic carbocycles. The Kier molecular flexibility index (Phi) is 19.5. The Labute approximate surface area is 487 Å². The molecule has 6 aromatic rings. The molecule has 2 aliphatic rings. The van der Waals surface area contributed by atoms with Crippen molar-refractivity contribution < 1.29 is 63.7 Å². The Hall–Kier alpha value is -8.03. The van der Waals surface area contributed by atoms with Crippen molar-refractivity contribution in [3.63, 3.8) is 0 Å². The molecule has 26 heteroatoms. The topological polar surface area (TPSA) is 226 Å². The van der Waals surface area contributed by atoms with Crippen LogP contribution < -0.4 is 42.2 Å². The Morgan fingerprint density at radius 1 is 0.565 bits per heavy atom. The summed E-state index contributed by atoms with van der Waals surface area (Å²) >= 11 is 0. The maximum Gasteiger partial charge on any atom is 0.426 e. The fraction of sp³-hybridized carbons (Fsp3) is 0.475. The Morgan fingerprint density at radius 2 is 0.953 bits per heavy atom. The summed E-state index contributed by atoms with van der Waals surface area (Å²) in [5.74, 6) is 3.39. The van der Waals surface area contributed by atoms with Crippen molar-refractivity contribution >= 4 is 41.2 Å². The number of aromatic nitrogens is 6. The highest BCUT2D eigenvalue weighted by Crippen LogP contribution is 2.44. The van der Waals surface area contributed by atoms with Gasteiger partial charge in [-0.3, -0.25) is 20.4 Å². The first-order valence-electron chi connectivity index (χ1n) is 27.6. The molecule has 7 N–H and O–H groups in total. The van der Waals surface area contributed by atoms with Gasteiger partial charge in [0.1, 0.15) is 28.9 Å². The van der Waals surface area contributed by atoms with Crippen LogP contribution in [-0.4, -0.2) is 65.2 Å². The molecule has 2 aliphatic carbocycles. The van der Waals surface area contributed by atoms with E-state index in [0.717, 1.165) is 29.8 Å². The van der Waals surface area contributed by atoms with Gasteiger partial charge in [-0.25, -0.2) is 44.2 Å². The van der Waals surface area contributed by atoms with Gasteiger partial charge in [0, 0.05) is 36.4 Å². The molecule has 4 aromatic heterocycles. The number of hydrogen-bond acceptors (Lipinski definition) is 13. The summed E-state index contributed by atoms with van der Waals surface area (Å²) in [7, 11) is 0. The average molecular weight is 1200 g/mol. The van der Waals surface area contributed by atoms with Crippen LogP contribution in [0, 0.1) is 22.5 Å². The van der Waals surface area contributed by atoms with Crippen LogP contribution in [0.15, 0.2) is 97.3 Å². The fourth-order valence-corrected chi connectivity index (χ4v) is 10.3. The second-order valence-electron chi connectivity index (χ2n) is 24.2. The van der Waals surface area contributed by atoms with Crippen molar-refractivity contribution in [1.82, 2.24) is 45.8 Å². The second-order valence-corrected chi connectivity index (χ2v) is 24.2. The molecule has 0 atom stereocenters. The third-order valence-electron chi connectivity index (χ3n) is 14.4. The Bertz CT molecular complexity index is 3280. The van der Waals surface area contributed by atoms with E-state index in [1.165, 1.54) is 6.07 Å². The van der Waals surface area contributed by atoms with Crippen molar-refractivity contribution in [2.45, 2.75) is 168 Å². The van der Waals surface area contributed by atoms with Crippen LogP contribution in [0.3, 0.4) is 0 Å². The SMILES string of the molecule is CC(C)(C)OC(=O)NNC(=O)C1(Cc2cccc(Nc3ccnn3C(C)(C)C)n2)CCC(Oc2cccc(C(F)(F)F)c2F)CC1.CC(C)(C)n1nccc1Nc1cccc(CC2(C(=O)NN)CCC(Oc3cccc(C(F)(F)F)c3F)CC2)n1. The number of halogens is 8. The number of pyridine rings is 2. The van der Waals surface area contributed by atoms with Crippen molar-refractivity contribution in [3.8, 4) is 11.5 Å². The number of amides is 3. The van der Waals surface area contributed by atoms with Gasteiger partial charge in [0.25, 0.3) is 0 Å². The van der Waals surface area contributed by atoms with E-state index >= 15 is 0 Å². The van der Waals surface area contributed by atoms with Gasteiger partial charge in [-0.2, -0.15) is 36.5 Å². The number of benzene rings is 2. The van der Waals surface area contributed by atoms with E-state index in [9.17, 15) is 49.5 Å². The van der Waals surface area contributed by atoms with Crippen molar-refractivity contribution in [2.24, 2.45) is 16.7 Å². The Morgan fingerprint density at radius 3 is 1.32 bits per heavy atom. The smallest absolute Gasteiger partial charge is 0.426 e. The Balaban J connectivity index is 0.000000247. The van der Waals surface area contributed by atoms with Crippen LogP contribution in [-0.2, 0) is 50.6 Å². The van der Waals surface area contributed by atoms with Gasteiger partial charge in [-0.05, 0) is 162 Å². The standard InChI is InChI=1S/C32H40F4N6O4.C27H32F4N6O2/c1-29(2,3)42-25(15-18-37-42)39-24-12-7-9-20(38-24)19-31(27(43)40-41-28(44)46-30(4,5)6)16-13-21(14-17-31)45-23-11-8-10-22(26(23)33)32(34,35)36;1-25(2,3)37-22(12-15-33-37)35-21-9-4-6-17(34-21)16-26(24(38)36-32)13-10-18(11-14-26)39-20-8-5-7-19(23(20)28)27(29,30)31/h7-12,15,18,21H,13-14,16-17,19H2,1-6H3,(H,38,39)(H,40,43)(H,41,44);4-9,12,15,18H,10-11,13-14,16,32H2,1-3H3,(H,34,35)(H,36,38). The van der Waals surface area contributed by atoms with E-state index in [0.29, 0.717) is 60.8 Å². The lowest BCUT2D eigenvalue weighted by molar-refractivity contribution is -0.141. The second kappa shape index (κ2) is 25.7. The number of hydrogen-bond donors (Lipinski definition) is 6. The minimum absolute atomic E-state index is 0.174. The first-order chi connectivity index (χ1) is 39.7. The summed E-state index contributed by atoms with van der Waals surface area (Å²) in [6.45, 7) is 17.2. The van der Waals surface area contributed by atoms with E-state index in [1.807, 2.05) is 81.2 Å². The number of carbonyl (C=O) groups excluding carboxylic acids is 3. The number of alkyl halides is 6. The molecule has 2 saturated carbocycles. The maximum atomic E-state index is 14.7. The van der Waals surface area contributed by atoms with Crippen LogP contribution in [0.4, 0.5) is 63.2 Å². The molecule has 0 bridgehead atoms. The summed E-state index contributed by atoms with van der Waals surface area (Å²) in [4.78, 5) is 48.4. The maximum absolute atomic E-state index is 14.7. The van der Waals surface area contributed by atoms with Crippen molar-refractivity contribution in [2.75, 3.05) is 10.6 Å². The zero-order valence-electron chi connectivity index (χ0n) is 48.7. The number of ether oxygens (including phenoxy) is 3. The first kappa shape index (κ1) is 64.5. The number of rotatable bonds is 14. The highest BCUT2D eigenvalue weighted by Gasteiger charge is 2.46. The molecule has 18 nitrogen and oxygen atoms in total. The van der Waals surface area contributed by atoms with Crippen molar-refractivity contribution in [1.29, 1.82) is 0 Å². The first-order valence-corrected chi connectivity index (χ1v) is 27.6. The molecule has 0 radical (unpaired) electrons. The molecule has 3 amide bonds. The van der Waals surface area contributed by atoms with E-state index in [2.05, 4.69) is 37.1 Å². The average Bonchev–Trinajstić information content (AvgIpc) is 3.72. The number of nitrogens with zero attached hydrogens (tertiary/aromatic N) is 6. The molecule has 0 unspecified atom stereocenters. The highest BCUT2D eigenvalue weighted by atomic mass is 19.4. The van der Waals surface area contributed by atoms with Gasteiger partial charge in [0.2, 0.25) is 11.8 Å². The normalized spacial score (nSPS) is 19.4. The van der Waals surface area contributed by atoms with Gasteiger partial charge in [-0.1, -0.05) is 24.3 Å². The third-order valence-corrected chi connectivity index (χ3v) is 14.4. The van der Waals surface area contributed by atoms with Gasteiger partial charge < -0.3 is 24.8 Å². The minimum Gasteiger partial charge on any atom is -0.487 e. The predicted octanol–water partition coefficient (Wildman–Crippen LogP) is 12.5. The van der Waals surface area contributed by atoms with Crippen LogP contribution >= 0.6 is 0 Å². The van der Waals surface area contributed by atoms with Gasteiger partial charge in [-0.15, -0.1) is 0 Å². The number of nitrogens with two attached hydrogens (primary N) is 1. The number of carbonyl (C=O) groups is 3. The molecular weight excluding hydrogens is 1120 g/mol. The summed E-state index contributed by atoms with van der Waals surface area (Å²) < 4.78 is 128. The van der Waals surface area contributed by atoms with Crippen LogP contribution in [0.2, 0.25) is 0 Å². The van der Waals surface area contributed by atoms with Crippen LogP contribution in [0.1, 0.15) is 136 Å². The predicted molar refractivity (Wildman–Crippen MR) is 300 cm³/mol. The minimum atomic E-state index is -4.87. The highest BCUT2D eigenvalue weighted by molar-refractivity contribution is 5.85. The molecule has 0 aliphatic heterocycles. The zero-order valence-corrected chi connectivity index (χ0v) is 48.7. The fourth-order valence-electron chi connectivity index (χ4n) is 10.3. The number of anilines is 4. The summed E-state index contributed by atoms with van der Waals surface area (Å²) in [6.07, 6.45) is -5.67. The lowest BCUT2D eigenvalue weighted by Crippen LogP contribution is -2.53. The van der Waals surface area contributed by atoms with Gasteiger partial charge in [0.15, 0.2) is 23.1 Å².